The van der Waals surface area contributed by atoms with Gasteiger partial charge in [-0.15, -0.1) is 0 Å². The summed E-state index contributed by atoms with van der Waals surface area (Å²) in [7, 11) is 0. The number of ether oxygens (including phenoxy) is 4. The Balaban J connectivity index is 3.03. The molecule has 0 heterocycles. The Bertz CT molecular complexity index is 199. The summed E-state index contributed by atoms with van der Waals surface area (Å²) in [5.74, 6) is 0. The first-order chi connectivity index (χ1) is 9.42. The molecule has 0 spiro atoms. The Morgan fingerprint density at radius 1 is 0.700 bits per heavy atom. The third-order valence-electron chi connectivity index (χ3n) is 2.43. The molecule has 0 aromatic heterocycles. The normalized spacial score (nSPS) is 12.3. The monoisotopic (exact) mass is 290 g/mol. The second-order valence-corrected chi connectivity index (χ2v) is 6.17. The van der Waals surface area contributed by atoms with Crippen LogP contribution in [0.3, 0.4) is 0 Å². The summed E-state index contributed by atoms with van der Waals surface area (Å²) >= 11 is 0. The summed E-state index contributed by atoms with van der Waals surface area (Å²) in [5, 5.41) is 0. The highest BCUT2D eigenvalue weighted by Crippen LogP contribution is 2.06. The Hall–Kier alpha value is -0.160. The molecule has 0 saturated heterocycles. The molecule has 0 N–H and O–H groups in total. The highest BCUT2D eigenvalue weighted by molar-refractivity contribution is 4.58. The molecule has 20 heavy (non-hydrogen) atoms. The average Bonchev–Trinajstić information content (AvgIpc) is 2.33. The molecule has 0 aromatic rings. The second-order valence-electron chi connectivity index (χ2n) is 6.17. The van der Waals surface area contributed by atoms with Gasteiger partial charge < -0.3 is 18.9 Å². The smallest absolute Gasteiger partial charge is 0.0598 e. The fourth-order valence-electron chi connectivity index (χ4n) is 1.49. The van der Waals surface area contributed by atoms with E-state index in [-0.39, 0.29) is 5.60 Å². The van der Waals surface area contributed by atoms with Gasteiger partial charge in [0.05, 0.1) is 11.7 Å². The van der Waals surface area contributed by atoms with E-state index < -0.39 is 0 Å². The van der Waals surface area contributed by atoms with Gasteiger partial charge in [0, 0.05) is 39.6 Å². The molecule has 0 aliphatic carbocycles. The molecule has 4 nitrogen and oxygen atoms in total. The van der Waals surface area contributed by atoms with Crippen LogP contribution >= 0.6 is 0 Å². The van der Waals surface area contributed by atoms with Crippen LogP contribution in [0.2, 0.25) is 0 Å². The standard InChI is InChI=1S/C16H34O4/c1-15(2)19-13-7-11-17-9-6-10-18-12-8-14-20-16(3,4)5/h15H,6-14H2,1-5H3. The topological polar surface area (TPSA) is 36.9 Å². The van der Waals surface area contributed by atoms with Crippen molar-refractivity contribution in [3.63, 3.8) is 0 Å². The van der Waals surface area contributed by atoms with Crippen molar-refractivity contribution in [3.05, 3.63) is 0 Å². The first kappa shape index (κ1) is 19.8. The fraction of sp³-hybridized carbons (Fsp3) is 1.00. The highest BCUT2D eigenvalue weighted by atomic mass is 16.5. The zero-order chi connectivity index (χ0) is 15.3. The third-order valence-corrected chi connectivity index (χ3v) is 2.43. The van der Waals surface area contributed by atoms with Crippen LogP contribution in [0, 0.1) is 0 Å². The van der Waals surface area contributed by atoms with Gasteiger partial charge in [-0.05, 0) is 53.9 Å². The molecular formula is C16H34O4. The van der Waals surface area contributed by atoms with Gasteiger partial charge in [0.2, 0.25) is 0 Å². The van der Waals surface area contributed by atoms with E-state index in [4.69, 9.17) is 18.9 Å². The summed E-state index contributed by atoms with van der Waals surface area (Å²) < 4.78 is 22.1. The minimum absolute atomic E-state index is 0.0485. The van der Waals surface area contributed by atoms with E-state index in [2.05, 4.69) is 20.8 Å². The molecule has 122 valence electrons. The van der Waals surface area contributed by atoms with Crippen LogP contribution in [0.15, 0.2) is 0 Å². The summed E-state index contributed by atoms with van der Waals surface area (Å²) in [4.78, 5) is 0. The van der Waals surface area contributed by atoms with Crippen molar-refractivity contribution in [3.8, 4) is 0 Å². The molecule has 0 unspecified atom stereocenters. The molecule has 0 radical (unpaired) electrons. The lowest BCUT2D eigenvalue weighted by molar-refractivity contribution is -0.0150. The van der Waals surface area contributed by atoms with Crippen LogP contribution in [0.5, 0.6) is 0 Å². The summed E-state index contributed by atoms with van der Waals surface area (Å²) in [6.07, 6.45) is 3.17. The number of hydrogen-bond acceptors (Lipinski definition) is 4. The van der Waals surface area contributed by atoms with Gasteiger partial charge in [-0.2, -0.15) is 0 Å². The molecule has 0 rings (SSSR count). The molecule has 0 amide bonds. The largest absolute Gasteiger partial charge is 0.381 e. The van der Waals surface area contributed by atoms with Gasteiger partial charge in [0.15, 0.2) is 0 Å². The summed E-state index contributed by atoms with van der Waals surface area (Å²) in [5.41, 5.74) is -0.0485. The van der Waals surface area contributed by atoms with Gasteiger partial charge >= 0.3 is 0 Å². The van der Waals surface area contributed by atoms with E-state index in [0.717, 1.165) is 58.9 Å². The zero-order valence-corrected chi connectivity index (χ0v) is 14.1. The van der Waals surface area contributed by atoms with Gasteiger partial charge in [-0.1, -0.05) is 0 Å². The van der Waals surface area contributed by atoms with E-state index >= 15 is 0 Å². The predicted octanol–water partition coefficient (Wildman–Crippen LogP) is 3.43. The van der Waals surface area contributed by atoms with Gasteiger partial charge in [0.1, 0.15) is 0 Å². The van der Waals surface area contributed by atoms with E-state index in [1.165, 1.54) is 0 Å². The highest BCUT2D eigenvalue weighted by Gasteiger charge is 2.08. The van der Waals surface area contributed by atoms with Crippen molar-refractivity contribution in [1.29, 1.82) is 0 Å². The van der Waals surface area contributed by atoms with Crippen molar-refractivity contribution in [2.24, 2.45) is 0 Å². The third kappa shape index (κ3) is 17.8. The van der Waals surface area contributed by atoms with Gasteiger partial charge in [0.25, 0.3) is 0 Å². The molecule has 0 bridgehead atoms. The summed E-state index contributed by atoms with van der Waals surface area (Å²) in [6.45, 7) is 14.9. The molecular weight excluding hydrogens is 256 g/mol. The molecule has 0 aliphatic rings. The van der Waals surface area contributed by atoms with Crippen LogP contribution in [-0.2, 0) is 18.9 Å². The van der Waals surface area contributed by atoms with Gasteiger partial charge in [-0.25, -0.2) is 0 Å². The molecule has 0 atom stereocenters. The van der Waals surface area contributed by atoms with Gasteiger partial charge in [-0.3, -0.25) is 0 Å². The number of rotatable bonds is 13. The Labute approximate surface area is 125 Å². The summed E-state index contributed by atoms with van der Waals surface area (Å²) in [6, 6.07) is 0. The lowest BCUT2D eigenvalue weighted by Gasteiger charge is -2.19. The maximum absolute atomic E-state index is 5.61. The van der Waals surface area contributed by atoms with E-state index in [1.807, 2.05) is 13.8 Å². The van der Waals surface area contributed by atoms with Crippen molar-refractivity contribution < 1.29 is 18.9 Å². The van der Waals surface area contributed by atoms with Crippen LogP contribution in [0.25, 0.3) is 0 Å². The second kappa shape index (κ2) is 12.6. The first-order valence-electron chi connectivity index (χ1n) is 7.83. The molecule has 0 aliphatic heterocycles. The quantitative estimate of drug-likeness (QED) is 0.487. The number of hydrogen-bond donors (Lipinski definition) is 0. The minimum Gasteiger partial charge on any atom is -0.381 e. The van der Waals surface area contributed by atoms with E-state index in [9.17, 15) is 0 Å². The van der Waals surface area contributed by atoms with Crippen LogP contribution in [0.4, 0.5) is 0 Å². The lowest BCUT2D eigenvalue weighted by atomic mass is 10.2. The van der Waals surface area contributed by atoms with Crippen molar-refractivity contribution in [2.45, 2.75) is 65.6 Å². The lowest BCUT2D eigenvalue weighted by Crippen LogP contribution is -2.20. The molecule has 0 aromatic carbocycles. The Morgan fingerprint density at radius 3 is 1.60 bits per heavy atom. The van der Waals surface area contributed by atoms with Crippen LogP contribution in [-0.4, -0.2) is 51.3 Å². The Morgan fingerprint density at radius 2 is 1.15 bits per heavy atom. The minimum atomic E-state index is -0.0485. The first-order valence-corrected chi connectivity index (χ1v) is 7.83. The molecule has 0 saturated carbocycles. The maximum atomic E-state index is 5.61. The van der Waals surface area contributed by atoms with Crippen LogP contribution < -0.4 is 0 Å². The van der Waals surface area contributed by atoms with Crippen molar-refractivity contribution in [2.75, 3.05) is 39.6 Å². The zero-order valence-electron chi connectivity index (χ0n) is 14.1. The SMILES string of the molecule is CC(C)OCCCOCCCOCCCOC(C)(C)C. The Kier molecular flexibility index (Phi) is 12.5. The van der Waals surface area contributed by atoms with E-state index in [0.29, 0.717) is 6.10 Å². The van der Waals surface area contributed by atoms with E-state index in [1.54, 1.807) is 0 Å². The van der Waals surface area contributed by atoms with Crippen molar-refractivity contribution >= 4 is 0 Å². The van der Waals surface area contributed by atoms with Crippen LogP contribution in [0.1, 0.15) is 53.9 Å². The maximum Gasteiger partial charge on any atom is 0.0598 e. The predicted molar refractivity (Wildman–Crippen MR) is 82.3 cm³/mol. The fourth-order valence-corrected chi connectivity index (χ4v) is 1.49. The average molecular weight is 290 g/mol. The molecule has 4 heteroatoms. The van der Waals surface area contributed by atoms with Crippen molar-refractivity contribution in [1.82, 2.24) is 0 Å². The molecule has 0 fully saturated rings.